The van der Waals surface area contributed by atoms with Crippen LogP contribution >= 0.6 is 0 Å². The number of rotatable bonds is 0. The van der Waals surface area contributed by atoms with Crippen LogP contribution in [-0.4, -0.2) is 12.9 Å². The first-order valence-electron chi connectivity index (χ1n) is 3.49. The van der Waals surface area contributed by atoms with Crippen LogP contribution in [0.3, 0.4) is 0 Å². The van der Waals surface area contributed by atoms with Crippen LogP contribution in [0.1, 0.15) is 5.56 Å². The predicted octanol–water partition coefficient (Wildman–Crippen LogP) is 0.757. The molecule has 0 aromatic heterocycles. The third-order valence-corrected chi connectivity index (χ3v) is 1.71. The highest BCUT2D eigenvalue weighted by Gasteiger charge is 2.07. The zero-order valence-corrected chi connectivity index (χ0v) is 6.07. The Morgan fingerprint density at radius 2 is 2.18 bits per heavy atom. The molecule has 0 fully saturated rings. The van der Waals surface area contributed by atoms with Gasteiger partial charge in [-0.15, -0.1) is 0 Å². The normalized spacial score (nSPS) is 14.8. The lowest BCUT2D eigenvalue weighted by Gasteiger charge is -2.21. The average Bonchev–Trinajstić information content (AvgIpc) is 2.06. The molecule has 0 unspecified atom stereocenters. The number of aliphatic imine (C=N–C) groups is 1. The number of nitrogens with two attached hydrogens (primary N) is 1. The molecule has 0 amide bonds. The number of para-hydroxylation sites is 1. The van der Waals surface area contributed by atoms with E-state index in [-0.39, 0.29) is 0 Å². The summed E-state index contributed by atoms with van der Waals surface area (Å²) in [6.45, 7) is 0.553. The first-order chi connectivity index (χ1) is 5.38. The minimum absolute atomic E-state index is 0.553. The molecule has 1 aromatic rings. The van der Waals surface area contributed by atoms with E-state index in [1.165, 1.54) is 0 Å². The highest BCUT2D eigenvalue weighted by molar-refractivity contribution is 5.89. The van der Waals surface area contributed by atoms with Gasteiger partial charge in [0.05, 0.1) is 5.69 Å². The average molecular weight is 147 g/mol. The highest BCUT2D eigenvalue weighted by atomic mass is 15.4. The van der Waals surface area contributed by atoms with Crippen molar-refractivity contribution < 1.29 is 0 Å². The van der Waals surface area contributed by atoms with Crippen molar-refractivity contribution in [3.63, 3.8) is 0 Å². The van der Waals surface area contributed by atoms with E-state index in [1.54, 1.807) is 5.01 Å². The maximum Gasteiger partial charge on any atom is 0.124 e. The number of hydrazine groups is 1. The second-order valence-corrected chi connectivity index (χ2v) is 2.48. The van der Waals surface area contributed by atoms with Crippen molar-refractivity contribution in [3.05, 3.63) is 29.8 Å². The van der Waals surface area contributed by atoms with Gasteiger partial charge in [0.1, 0.15) is 6.67 Å². The summed E-state index contributed by atoms with van der Waals surface area (Å²) in [5.41, 5.74) is 2.13. The fourth-order valence-corrected chi connectivity index (χ4v) is 1.16. The molecular weight excluding hydrogens is 138 g/mol. The Kier molecular flexibility index (Phi) is 1.36. The monoisotopic (exact) mass is 147 g/mol. The number of hydrogen-bond donors (Lipinski definition) is 1. The van der Waals surface area contributed by atoms with Gasteiger partial charge in [-0.2, -0.15) is 0 Å². The van der Waals surface area contributed by atoms with Crippen LogP contribution in [0.4, 0.5) is 5.69 Å². The SMILES string of the molecule is NN1CN=Cc2ccccc21. The summed E-state index contributed by atoms with van der Waals surface area (Å²) in [6.07, 6.45) is 1.85. The molecule has 11 heavy (non-hydrogen) atoms. The van der Waals surface area contributed by atoms with E-state index in [0.29, 0.717) is 6.67 Å². The summed E-state index contributed by atoms with van der Waals surface area (Å²) in [4.78, 5) is 4.08. The van der Waals surface area contributed by atoms with Crippen LogP contribution in [0.5, 0.6) is 0 Å². The van der Waals surface area contributed by atoms with Gasteiger partial charge >= 0.3 is 0 Å². The zero-order valence-electron chi connectivity index (χ0n) is 6.07. The third kappa shape index (κ3) is 0.991. The number of anilines is 1. The van der Waals surface area contributed by atoms with E-state index in [0.717, 1.165) is 11.3 Å². The molecular formula is C8H9N3. The molecule has 1 aromatic carbocycles. The van der Waals surface area contributed by atoms with E-state index in [2.05, 4.69) is 4.99 Å². The van der Waals surface area contributed by atoms with E-state index < -0.39 is 0 Å². The summed E-state index contributed by atoms with van der Waals surface area (Å²) < 4.78 is 0. The van der Waals surface area contributed by atoms with Gasteiger partial charge in [-0.25, -0.2) is 5.84 Å². The Bertz CT molecular complexity index is 293. The molecule has 1 aliphatic rings. The lowest BCUT2D eigenvalue weighted by atomic mass is 10.2. The van der Waals surface area contributed by atoms with Crippen LogP contribution in [0, 0.1) is 0 Å². The summed E-state index contributed by atoms with van der Waals surface area (Å²) in [7, 11) is 0. The molecule has 3 nitrogen and oxygen atoms in total. The van der Waals surface area contributed by atoms with Crippen molar-refractivity contribution in [3.8, 4) is 0 Å². The Labute approximate surface area is 65.1 Å². The Morgan fingerprint density at radius 1 is 1.36 bits per heavy atom. The van der Waals surface area contributed by atoms with Crippen molar-refractivity contribution >= 4 is 11.9 Å². The molecule has 0 bridgehead atoms. The van der Waals surface area contributed by atoms with Crippen LogP contribution in [-0.2, 0) is 0 Å². The second kappa shape index (κ2) is 2.36. The van der Waals surface area contributed by atoms with Gasteiger partial charge in [-0.1, -0.05) is 18.2 Å². The quantitative estimate of drug-likeness (QED) is 0.550. The summed E-state index contributed by atoms with van der Waals surface area (Å²) >= 11 is 0. The number of nitrogens with zero attached hydrogens (tertiary/aromatic N) is 2. The largest absolute Gasteiger partial charge is 0.289 e. The van der Waals surface area contributed by atoms with Crippen LogP contribution in [0.2, 0.25) is 0 Å². The lowest BCUT2D eigenvalue weighted by Crippen LogP contribution is -2.33. The maximum absolute atomic E-state index is 5.67. The third-order valence-electron chi connectivity index (χ3n) is 1.71. The molecule has 0 atom stereocenters. The van der Waals surface area contributed by atoms with Crippen molar-refractivity contribution in [2.75, 3.05) is 11.7 Å². The van der Waals surface area contributed by atoms with E-state index in [9.17, 15) is 0 Å². The van der Waals surface area contributed by atoms with Crippen molar-refractivity contribution in [1.29, 1.82) is 0 Å². The summed E-state index contributed by atoms with van der Waals surface area (Å²) in [5.74, 6) is 5.67. The zero-order chi connectivity index (χ0) is 7.68. The van der Waals surface area contributed by atoms with Gasteiger partial charge in [0.15, 0.2) is 0 Å². The maximum atomic E-state index is 5.67. The smallest absolute Gasteiger partial charge is 0.124 e. The van der Waals surface area contributed by atoms with E-state index >= 15 is 0 Å². The van der Waals surface area contributed by atoms with Crippen LogP contribution in [0.15, 0.2) is 29.3 Å². The molecule has 0 saturated heterocycles. The molecule has 2 N–H and O–H groups in total. The molecule has 0 spiro atoms. The van der Waals surface area contributed by atoms with Crippen molar-refractivity contribution in [2.45, 2.75) is 0 Å². The molecule has 1 aliphatic heterocycles. The molecule has 0 saturated carbocycles. The molecule has 1 heterocycles. The Morgan fingerprint density at radius 3 is 3.00 bits per heavy atom. The van der Waals surface area contributed by atoms with Gasteiger partial charge < -0.3 is 0 Å². The second-order valence-electron chi connectivity index (χ2n) is 2.48. The minimum atomic E-state index is 0.553. The first-order valence-corrected chi connectivity index (χ1v) is 3.49. The topological polar surface area (TPSA) is 41.6 Å². The fourth-order valence-electron chi connectivity index (χ4n) is 1.16. The fraction of sp³-hybridized carbons (Fsp3) is 0.125. The Hall–Kier alpha value is -1.35. The minimum Gasteiger partial charge on any atom is -0.289 e. The molecule has 0 aliphatic carbocycles. The first kappa shape index (κ1) is 6.37. The van der Waals surface area contributed by atoms with Gasteiger partial charge in [0.25, 0.3) is 0 Å². The summed E-state index contributed by atoms with van der Waals surface area (Å²) in [5, 5.41) is 1.63. The van der Waals surface area contributed by atoms with Crippen LogP contribution in [0.25, 0.3) is 0 Å². The number of fused-ring (bicyclic) bond motifs is 1. The molecule has 2 rings (SSSR count). The summed E-state index contributed by atoms with van der Waals surface area (Å²) in [6, 6.07) is 7.93. The van der Waals surface area contributed by atoms with E-state index in [4.69, 9.17) is 5.84 Å². The predicted molar refractivity (Wildman–Crippen MR) is 45.6 cm³/mol. The molecule has 0 radical (unpaired) electrons. The lowest BCUT2D eigenvalue weighted by molar-refractivity contribution is 0.857. The Balaban J connectivity index is 2.54. The van der Waals surface area contributed by atoms with Crippen molar-refractivity contribution in [2.24, 2.45) is 10.8 Å². The molecule has 56 valence electrons. The van der Waals surface area contributed by atoms with Gasteiger partial charge in [-0.05, 0) is 6.07 Å². The standard InChI is InChI=1S/C8H9N3/c9-11-6-10-5-7-3-1-2-4-8(7)11/h1-5H,6,9H2. The van der Waals surface area contributed by atoms with Gasteiger partial charge in [-0.3, -0.25) is 10.0 Å². The van der Waals surface area contributed by atoms with Crippen molar-refractivity contribution in [1.82, 2.24) is 0 Å². The highest BCUT2D eigenvalue weighted by Crippen LogP contribution is 2.18. The van der Waals surface area contributed by atoms with Gasteiger partial charge in [0, 0.05) is 11.8 Å². The van der Waals surface area contributed by atoms with Crippen LogP contribution < -0.4 is 10.9 Å². The van der Waals surface area contributed by atoms with Gasteiger partial charge in [0.2, 0.25) is 0 Å². The number of benzene rings is 1. The van der Waals surface area contributed by atoms with E-state index in [1.807, 2.05) is 30.5 Å². The number of hydrogen-bond acceptors (Lipinski definition) is 3. The molecule has 3 heteroatoms.